The highest BCUT2D eigenvalue weighted by Gasteiger charge is 2.21. The van der Waals surface area contributed by atoms with E-state index in [-0.39, 0.29) is 17.9 Å². The highest BCUT2D eigenvalue weighted by molar-refractivity contribution is 5.78. The van der Waals surface area contributed by atoms with Gasteiger partial charge in [0.15, 0.2) is 0 Å². The van der Waals surface area contributed by atoms with E-state index in [1.165, 1.54) is 0 Å². The number of ether oxygens (including phenoxy) is 1. The molecule has 1 atom stereocenters. The molecule has 0 aromatic heterocycles. The number of carbonyl (C=O) groups excluding carboxylic acids is 1. The molecule has 1 heterocycles. The van der Waals surface area contributed by atoms with E-state index in [4.69, 9.17) is 10.00 Å². The smallest absolute Gasteiger partial charge is 0.222 e. The standard InChI is InChI=1S/C19H27N3O2/c1-15(2)19(23)21-17-7-4-9-22(14-17)10-5-11-24-18-8-3-6-16(12-18)13-20/h3,6,8,12,15,17H,4-5,7,9-11,14H2,1-2H3,(H,21,23)/t17-/m0/s1. The molecular formula is C19H27N3O2. The van der Waals surface area contributed by atoms with E-state index in [9.17, 15) is 4.79 Å². The van der Waals surface area contributed by atoms with Gasteiger partial charge in [-0.1, -0.05) is 19.9 Å². The molecule has 1 saturated heterocycles. The average molecular weight is 329 g/mol. The molecule has 24 heavy (non-hydrogen) atoms. The topological polar surface area (TPSA) is 65.4 Å². The van der Waals surface area contributed by atoms with Gasteiger partial charge in [-0.2, -0.15) is 5.26 Å². The molecule has 0 bridgehead atoms. The number of carbonyl (C=O) groups is 1. The first-order chi connectivity index (χ1) is 11.6. The van der Waals surface area contributed by atoms with Crippen LogP contribution in [0, 0.1) is 17.2 Å². The number of benzene rings is 1. The van der Waals surface area contributed by atoms with E-state index in [0.29, 0.717) is 12.2 Å². The molecule has 1 fully saturated rings. The Hall–Kier alpha value is -2.06. The number of amides is 1. The van der Waals surface area contributed by atoms with Gasteiger partial charge in [0.1, 0.15) is 5.75 Å². The third kappa shape index (κ3) is 5.86. The van der Waals surface area contributed by atoms with Crippen molar-refractivity contribution in [3.63, 3.8) is 0 Å². The summed E-state index contributed by atoms with van der Waals surface area (Å²) in [7, 11) is 0. The number of hydrogen-bond acceptors (Lipinski definition) is 4. The largest absolute Gasteiger partial charge is 0.494 e. The molecule has 5 nitrogen and oxygen atoms in total. The summed E-state index contributed by atoms with van der Waals surface area (Å²) in [6, 6.07) is 9.62. The zero-order chi connectivity index (χ0) is 17.4. The zero-order valence-corrected chi connectivity index (χ0v) is 14.6. The van der Waals surface area contributed by atoms with Crippen LogP contribution in [0.5, 0.6) is 5.75 Å². The molecule has 0 saturated carbocycles. The lowest BCUT2D eigenvalue weighted by molar-refractivity contribution is -0.125. The monoisotopic (exact) mass is 329 g/mol. The Morgan fingerprint density at radius 3 is 3.08 bits per heavy atom. The Balaban J connectivity index is 1.68. The minimum absolute atomic E-state index is 0.0398. The SMILES string of the molecule is CC(C)C(=O)N[C@H]1CCCN(CCCOc2cccc(C#N)c2)C1. The average Bonchev–Trinajstić information content (AvgIpc) is 2.59. The fourth-order valence-electron chi connectivity index (χ4n) is 2.88. The highest BCUT2D eigenvalue weighted by atomic mass is 16.5. The van der Waals surface area contributed by atoms with Crippen LogP contribution in [-0.2, 0) is 4.79 Å². The zero-order valence-electron chi connectivity index (χ0n) is 14.6. The highest BCUT2D eigenvalue weighted by Crippen LogP contribution is 2.14. The molecule has 2 rings (SSSR count). The van der Waals surface area contributed by atoms with Crippen LogP contribution in [0.15, 0.2) is 24.3 Å². The third-order valence-corrected chi connectivity index (χ3v) is 4.23. The summed E-state index contributed by atoms with van der Waals surface area (Å²) in [5.41, 5.74) is 0.618. The number of nitrogens with one attached hydrogen (secondary N) is 1. The lowest BCUT2D eigenvalue weighted by Gasteiger charge is -2.33. The van der Waals surface area contributed by atoms with Crippen LogP contribution in [-0.4, -0.2) is 43.1 Å². The van der Waals surface area contributed by atoms with Gasteiger partial charge in [0, 0.05) is 25.0 Å². The van der Waals surface area contributed by atoms with Crippen LogP contribution in [0.4, 0.5) is 0 Å². The van der Waals surface area contributed by atoms with Gasteiger partial charge in [0.2, 0.25) is 5.91 Å². The lowest BCUT2D eigenvalue weighted by Crippen LogP contribution is -2.48. The normalized spacial score (nSPS) is 18.2. The van der Waals surface area contributed by atoms with Crippen molar-refractivity contribution in [1.82, 2.24) is 10.2 Å². The van der Waals surface area contributed by atoms with Crippen molar-refractivity contribution in [2.75, 3.05) is 26.2 Å². The minimum Gasteiger partial charge on any atom is -0.494 e. The van der Waals surface area contributed by atoms with Crippen LogP contribution < -0.4 is 10.1 Å². The van der Waals surface area contributed by atoms with Gasteiger partial charge in [-0.05, 0) is 44.0 Å². The van der Waals surface area contributed by atoms with E-state index in [1.807, 2.05) is 26.0 Å². The summed E-state index contributed by atoms with van der Waals surface area (Å²) >= 11 is 0. The lowest BCUT2D eigenvalue weighted by atomic mass is 10.0. The maximum atomic E-state index is 11.8. The maximum Gasteiger partial charge on any atom is 0.222 e. The molecule has 1 aliphatic heterocycles. The predicted molar refractivity (Wildman–Crippen MR) is 93.7 cm³/mol. The Morgan fingerprint density at radius 2 is 2.33 bits per heavy atom. The Kier molecular flexibility index (Phi) is 7.07. The van der Waals surface area contributed by atoms with Crippen molar-refractivity contribution in [2.24, 2.45) is 5.92 Å². The number of likely N-dealkylation sites (tertiary alicyclic amines) is 1. The summed E-state index contributed by atoms with van der Waals surface area (Å²) in [5, 5.41) is 12.0. The number of piperidine rings is 1. The molecule has 1 amide bonds. The summed E-state index contributed by atoms with van der Waals surface area (Å²) in [6.07, 6.45) is 3.11. The van der Waals surface area contributed by atoms with Gasteiger partial charge < -0.3 is 15.0 Å². The first-order valence-electron chi connectivity index (χ1n) is 8.74. The second-order valence-corrected chi connectivity index (χ2v) is 6.64. The van der Waals surface area contributed by atoms with E-state index in [0.717, 1.165) is 44.6 Å². The Bertz CT molecular complexity index is 580. The molecule has 5 heteroatoms. The van der Waals surface area contributed by atoms with Gasteiger partial charge in [-0.15, -0.1) is 0 Å². The Labute approximate surface area is 144 Å². The van der Waals surface area contributed by atoms with Gasteiger partial charge >= 0.3 is 0 Å². The summed E-state index contributed by atoms with van der Waals surface area (Å²) in [6.45, 7) is 7.45. The van der Waals surface area contributed by atoms with Gasteiger partial charge in [0.05, 0.1) is 18.2 Å². The molecule has 1 aromatic carbocycles. The van der Waals surface area contributed by atoms with E-state index in [1.54, 1.807) is 12.1 Å². The molecule has 130 valence electrons. The first kappa shape index (κ1) is 18.3. The number of rotatable bonds is 7. The van der Waals surface area contributed by atoms with Crippen LogP contribution in [0.3, 0.4) is 0 Å². The van der Waals surface area contributed by atoms with Crippen molar-refractivity contribution in [3.05, 3.63) is 29.8 Å². The molecule has 0 aliphatic carbocycles. The second kappa shape index (κ2) is 9.29. The fourth-order valence-corrected chi connectivity index (χ4v) is 2.88. The molecule has 0 spiro atoms. The number of nitrogens with zero attached hydrogens (tertiary/aromatic N) is 2. The predicted octanol–water partition coefficient (Wildman–Crippen LogP) is 2.56. The van der Waals surface area contributed by atoms with Gasteiger partial charge in [0.25, 0.3) is 0 Å². The Morgan fingerprint density at radius 1 is 1.50 bits per heavy atom. The van der Waals surface area contributed by atoms with E-state index in [2.05, 4.69) is 16.3 Å². The fraction of sp³-hybridized carbons (Fsp3) is 0.579. The van der Waals surface area contributed by atoms with Crippen molar-refractivity contribution >= 4 is 5.91 Å². The molecule has 1 N–H and O–H groups in total. The summed E-state index contributed by atoms with van der Waals surface area (Å²) < 4.78 is 5.71. The number of hydrogen-bond donors (Lipinski definition) is 1. The van der Waals surface area contributed by atoms with Crippen molar-refractivity contribution in [2.45, 2.75) is 39.2 Å². The quantitative estimate of drug-likeness (QED) is 0.781. The summed E-state index contributed by atoms with van der Waals surface area (Å²) in [5.74, 6) is 0.926. The van der Waals surface area contributed by atoms with Crippen LogP contribution in [0.25, 0.3) is 0 Å². The van der Waals surface area contributed by atoms with Gasteiger partial charge in [-0.3, -0.25) is 4.79 Å². The molecule has 0 unspecified atom stereocenters. The van der Waals surface area contributed by atoms with Crippen LogP contribution >= 0.6 is 0 Å². The number of nitriles is 1. The van der Waals surface area contributed by atoms with Crippen molar-refractivity contribution in [3.8, 4) is 11.8 Å². The first-order valence-corrected chi connectivity index (χ1v) is 8.74. The molecule has 1 aromatic rings. The second-order valence-electron chi connectivity index (χ2n) is 6.64. The van der Waals surface area contributed by atoms with Crippen LogP contribution in [0.2, 0.25) is 0 Å². The van der Waals surface area contributed by atoms with E-state index >= 15 is 0 Å². The van der Waals surface area contributed by atoms with Crippen LogP contribution in [0.1, 0.15) is 38.7 Å². The maximum absolute atomic E-state index is 11.8. The molecular weight excluding hydrogens is 302 g/mol. The summed E-state index contributed by atoms with van der Waals surface area (Å²) in [4.78, 5) is 14.2. The van der Waals surface area contributed by atoms with E-state index < -0.39 is 0 Å². The molecule has 0 radical (unpaired) electrons. The van der Waals surface area contributed by atoms with Crippen molar-refractivity contribution in [1.29, 1.82) is 5.26 Å². The minimum atomic E-state index is 0.0398. The van der Waals surface area contributed by atoms with Gasteiger partial charge in [-0.25, -0.2) is 0 Å². The third-order valence-electron chi connectivity index (χ3n) is 4.23. The van der Waals surface area contributed by atoms with Crippen molar-refractivity contribution < 1.29 is 9.53 Å². The molecule has 1 aliphatic rings.